The van der Waals surface area contributed by atoms with Crippen molar-refractivity contribution in [3.8, 4) is 0 Å². The predicted molar refractivity (Wildman–Crippen MR) is 409 cm³/mol. The van der Waals surface area contributed by atoms with E-state index in [0.717, 1.165) is 154 Å². The summed E-state index contributed by atoms with van der Waals surface area (Å²) in [4.78, 5) is 72.9. The van der Waals surface area contributed by atoms with Crippen molar-refractivity contribution in [1.29, 1.82) is 0 Å². The van der Waals surface area contributed by atoms with Crippen molar-refractivity contribution in [2.24, 2.45) is 0 Å². The van der Waals surface area contributed by atoms with E-state index in [4.69, 9.17) is 37.0 Å². The molecule has 0 radical (unpaired) electrons. The number of carbonyl (C=O) groups is 4. The van der Waals surface area contributed by atoms with Crippen LogP contribution in [0.2, 0.25) is 0 Å². The SMILES string of the molecule is CC/C=C\C/C=C\C/C=C\C/C=C\C/C=C\CCCCCC(=O)OCC(COP(=O)(O)OCC(O)COP(=O)(O)OCC(COC(=O)CCCCCCC/C=C\CCCCCCCC)OC(=O)CCCCCCCCCCCCC)OC(=O)CCCCCCC/C=C\CCCCCCCC. The Hall–Kier alpha value is -3.76. The summed E-state index contributed by atoms with van der Waals surface area (Å²) in [6, 6.07) is 0. The molecule has 0 aromatic rings. The van der Waals surface area contributed by atoms with E-state index in [1.165, 1.54) is 116 Å². The summed E-state index contributed by atoms with van der Waals surface area (Å²) in [6.45, 7) is 4.73. The van der Waals surface area contributed by atoms with Gasteiger partial charge in [0.1, 0.15) is 19.3 Å². The summed E-state index contributed by atoms with van der Waals surface area (Å²) in [5.74, 6) is -2.21. The maximum absolute atomic E-state index is 13.1. The van der Waals surface area contributed by atoms with E-state index in [9.17, 15) is 43.2 Å². The van der Waals surface area contributed by atoms with Gasteiger partial charge < -0.3 is 33.8 Å². The number of carbonyl (C=O) groups excluding carboxylic acids is 4. The fraction of sp³-hybridized carbons (Fsp3) is 0.778. The number of rotatable bonds is 75. The third-order valence-corrected chi connectivity index (χ3v) is 18.7. The standard InChI is InChI=1S/C81H144O17P2/c1-5-9-13-17-21-25-29-32-35-36-37-38-41-43-47-50-54-58-62-66-79(84)92-72-77(98-81(86)68-64-60-56-52-48-44-40-34-31-27-23-19-15-11-7-3)74-96-100(89,90)94-70-75(82)69-93-99(87,88)95-73-76(97-80(85)67-63-59-55-51-45-28-24-20-16-12-8-4)71-91-78(83)65-61-57-53-49-46-42-39-33-30-26-22-18-14-10-6-2/h9,13,21,25,32-35,37-40,43,47,75-77,82H,5-8,10-12,14-20,22-24,26-31,36,41-42,44-46,48-74H2,1-4H3,(H,87,88)(H,89,90)/b13-9-,25-21-,35-32-,38-37-,39-33-,40-34-,47-43-. The Bertz CT molecular complexity index is 2230. The second-order valence-corrected chi connectivity index (χ2v) is 29.5. The van der Waals surface area contributed by atoms with Gasteiger partial charge in [-0.15, -0.1) is 0 Å². The summed E-state index contributed by atoms with van der Waals surface area (Å²) in [7, 11) is -9.95. The molecule has 0 saturated heterocycles. The lowest BCUT2D eigenvalue weighted by atomic mass is 10.1. The summed E-state index contributed by atoms with van der Waals surface area (Å²) in [5.41, 5.74) is 0. The van der Waals surface area contributed by atoms with Crippen LogP contribution in [0.5, 0.6) is 0 Å². The molecule has 0 rings (SSSR count). The maximum Gasteiger partial charge on any atom is 0.472 e. The van der Waals surface area contributed by atoms with E-state index in [0.29, 0.717) is 25.7 Å². The number of phosphoric ester groups is 2. The molecule has 5 atom stereocenters. The Morgan fingerprint density at radius 1 is 0.290 bits per heavy atom. The molecule has 5 unspecified atom stereocenters. The third kappa shape index (κ3) is 72.6. The van der Waals surface area contributed by atoms with Crippen molar-refractivity contribution in [2.75, 3.05) is 39.6 Å². The highest BCUT2D eigenvalue weighted by molar-refractivity contribution is 7.47. The van der Waals surface area contributed by atoms with Crippen LogP contribution in [0.4, 0.5) is 0 Å². The zero-order valence-corrected chi connectivity index (χ0v) is 65.2. The van der Waals surface area contributed by atoms with Crippen LogP contribution in [0, 0.1) is 0 Å². The maximum atomic E-state index is 13.1. The monoisotopic (exact) mass is 1450 g/mol. The zero-order chi connectivity index (χ0) is 73.2. The minimum atomic E-state index is -4.98. The predicted octanol–water partition coefficient (Wildman–Crippen LogP) is 23.0. The van der Waals surface area contributed by atoms with Crippen molar-refractivity contribution in [3.63, 3.8) is 0 Å². The van der Waals surface area contributed by atoms with Crippen LogP contribution in [-0.4, -0.2) is 96.7 Å². The number of hydrogen-bond donors (Lipinski definition) is 3. The number of aliphatic hydroxyl groups excluding tert-OH is 1. The molecule has 0 aliphatic heterocycles. The van der Waals surface area contributed by atoms with Crippen LogP contribution in [-0.2, 0) is 65.4 Å². The second-order valence-electron chi connectivity index (χ2n) is 26.6. The summed E-state index contributed by atoms with van der Waals surface area (Å²) < 4.78 is 68.5. The van der Waals surface area contributed by atoms with Gasteiger partial charge in [-0.3, -0.25) is 37.3 Å². The number of hydrogen-bond acceptors (Lipinski definition) is 15. The largest absolute Gasteiger partial charge is 0.472 e. The lowest BCUT2D eigenvalue weighted by Gasteiger charge is -2.21. The first-order chi connectivity index (χ1) is 48.7. The van der Waals surface area contributed by atoms with E-state index >= 15 is 0 Å². The van der Waals surface area contributed by atoms with Gasteiger partial charge in [0.2, 0.25) is 0 Å². The molecule has 0 fully saturated rings. The van der Waals surface area contributed by atoms with E-state index in [2.05, 4.69) is 113 Å². The van der Waals surface area contributed by atoms with Crippen LogP contribution in [0.15, 0.2) is 85.1 Å². The molecule has 17 nitrogen and oxygen atoms in total. The highest BCUT2D eigenvalue weighted by atomic mass is 31.2. The summed E-state index contributed by atoms with van der Waals surface area (Å²) in [6.07, 6.45) is 75.7. The Morgan fingerprint density at radius 3 is 0.820 bits per heavy atom. The quantitative estimate of drug-likeness (QED) is 0.0169. The summed E-state index contributed by atoms with van der Waals surface area (Å²) >= 11 is 0. The number of phosphoric acid groups is 2. The van der Waals surface area contributed by atoms with Crippen molar-refractivity contribution >= 4 is 39.5 Å². The van der Waals surface area contributed by atoms with Gasteiger partial charge in [-0.2, -0.15) is 0 Å². The van der Waals surface area contributed by atoms with Crippen molar-refractivity contribution in [1.82, 2.24) is 0 Å². The first-order valence-corrected chi connectivity index (χ1v) is 42.8. The number of esters is 4. The molecule has 0 amide bonds. The molecule has 0 aromatic carbocycles. The molecule has 19 heteroatoms. The molecule has 100 heavy (non-hydrogen) atoms. The van der Waals surface area contributed by atoms with Gasteiger partial charge in [0.05, 0.1) is 26.4 Å². The molecule has 0 spiro atoms. The van der Waals surface area contributed by atoms with E-state index in [1.54, 1.807) is 0 Å². The minimum absolute atomic E-state index is 0.0788. The molecule has 0 aliphatic rings. The topological polar surface area (TPSA) is 237 Å². The number of unbranched alkanes of at least 4 members (excludes halogenated alkanes) is 35. The molecule has 0 aromatic heterocycles. The van der Waals surface area contributed by atoms with Gasteiger partial charge in [-0.1, -0.05) is 286 Å². The van der Waals surface area contributed by atoms with E-state index < -0.39 is 97.5 Å². The van der Waals surface area contributed by atoms with Crippen LogP contribution in [0.3, 0.4) is 0 Å². The number of allylic oxidation sites excluding steroid dienone is 14. The first kappa shape index (κ1) is 96.2. The van der Waals surface area contributed by atoms with Gasteiger partial charge in [-0.05, 0) is 122 Å². The fourth-order valence-corrected chi connectivity index (χ4v) is 12.3. The van der Waals surface area contributed by atoms with Gasteiger partial charge in [-0.25, -0.2) is 9.13 Å². The normalized spacial score (nSPS) is 14.3. The van der Waals surface area contributed by atoms with Crippen molar-refractivity contribution in [2.45, 2.75) is 367 Å². The van der Waals surface area contributed by atoms with E-state index in [1.807, 2.05) is 0 Å². The average Bonchev–Trinajstić information content (AvgIpc) is 0.985. The molecule has 0 bridgehead atoms. The molecule has 0 aliphatic carbocycles. The highest BCUT2D eigenvalue weighted by Gasteiger charge is 2.30. The molecular formula is C81H144O17P2. The minimum Gasteiger partial charge on any atom is -0.462 e. The van der Waals surface area contributed by atoms with Gasteiger partial charge in [0, 0.05) is 25.7 Å². The fourth-order valence-electron chi connectivity index (χ4n) is 10.8. The highest BCUT2D eigenvalue weighted by Crippen LogP contribution is 2.45. The van der Waals surface area contributed by atoms with Crippen molar-refractivity contribution < 1.29 is 80.2 Å². The molecule has 3 N–H and O–H groups in total. The van der Waals surface area contributed by atoms with Gasteiger partial charge in [0.15, 0.2) is 12.2 Å². The smallest absolute Gasteiger partial charge is 0.462 e. The Balaban J connectivity index is 5.35. The second kappa shape index (κ2) is 73.5. The zero-order valence-electron chi connectivity index (χ0n) is 63.4. The summed E-state index contributed by atoms with van der Waals surface area (Å²) in [5, 5.41) is 10.6. The van der Waals surface area contributed by atoms with Crippen LogP contribution < -0.4 is 0 Å². The molecular weight excluding hydrogens is 1310 g/mol. The first-order valence-electron chi connectivity index (χ1n) is 39.8. The third-order valence-electron chi connectivity index (χ3n) is 16.8. The lowest BCUT2D eigenvalue weighted by Crippen LogP contribution is -2.30. The van der Waals surface area contributed by atoms with Crippen molar-refractivity contribution in [3.05, 3.63) is 85.1 Å². The van der Waals surface area contributed by atoms with Crippen LogP contribution in [0.1, 0.15) is 349 Å². The Morgan fingerprint density at radius 2 is 0.520 bits per heavy atom. The van der Waals surface area contributed by atoms with Crippen LogP contribution in [0.25, 0.3) is 0 Å². The number of aliphatic hydroxyl groups is 1. The Labute approximate surface area is 608 Å². The molecule has 580 valence electrons. The van der Waals surface area contributed by atoms with Gasteiger partial charge >= 0.3 is 39.5 Å². The average molecular weight is 1450 g/mol. The number of ether oxygens (including phenoxy) is 4. The lowest BCUT2D eigenvalue weighted by molar-refractivity contribution is -0.161. The van der Waals surface area contributed by atoms with Crippen LogP contribution >= 0.6 is 15.6 Å². The molecule has 0 saturated carbocycles. The molecule has 0 heterocycles. The van der Waals surface area contributed by atoms with Gasteiger partial charge in [0.25, 0.3) is 0 Å². The Kier molecular flexibility index (Phi) is 70.8. The van der Waals surface area contributed by atoms with E-state index in [-0.39, 0.29) is 25.7 Å².